The Labute approximate surface area is 148 Å². The van der Waals surface area contributed by atoms with E-state index in [1.807, 2.05) is 0 Å². The fraction of sp³-hybridized carbons (Fsp3) is 0.105. The summed E-state index contributed by atoms with van der Waals surface area (Å²) >= 11 is 0. The minimum absolute atomic E-state index is 0.0376. The van der Waals surface area contributed by atoms with E-state index < -0.39 is 23.5 Å². The Morgan fingerprint density at radius 2 is 1.92 bits per heavy atom. The van der Waals surface area contributed by atoms with Crippen LogP contribution in [0.15, 0.2) is 81.4 Å². The number of hydrogen-bond donors (Lipinski definition) is 1. The van der Waals surface area contributed by atoms with Crippen LogP contribution in [0.25, 0.3) is 0 Å². The van der Waals surface area contributed by atoms with Gasteiger partial charge < -0.3 is 18.8 Å². The zero-order valence-electron chi connectivity index (χ0n) is 13.5. The van der Waals surface area contributed by atoms with Gasteiger partial charge in [0, 0.05) is 6.20 Å². The molecule has 1 amide bonds. The van der Waals surface area contributed by atoms with E-state index in [9.17, 15) is 14.7 Å². The Kier molecular flexibility index (Phi) is 3.89. The summed E-state index contributed by atoms with van der Waals surface area (Å²) in [4.78, 5) is 31.0. The molecule has 0 aromatic carbocycles. The van der Waals surface area contributed by atoms with Crippen molar-refractivity contribution in [1.29, 1.82) is 0 Å². The van der Waals surface area contributed by atoms with Crippen LogP contribution in [0.5, 0.6) is 0 Å². The SMILES string of the molecule is O=C(C1=C(O)C(=O)N(Cc2ccccn2)C1c1ccco1)c1ccco1. The number of aromatic nitrogens is 1. The molecular weight excluding hydrogens is 336 g/mol. The van der Waals surface area contributed by atoms with Crippen molar-refractivity contribution < 1.29 is 23.5 Å². The van der Waals surface area contributed by atoms with E-state index in [1.54, 1.807) is 42.6 Å². The Hall–Kier alpha value is -3.61. The summed E-state index contributed by atoms with van der Waals surface area (Å²) < 4.78 is 10.6. The van der Waals surface area contributed by atoms with Crippen molar-refractivity contribution in [3.8, 4) is 0 Å². The molecule has 26 heavy (non-hydrogen) atoms. The van der Waals surface area contributed by atoms with Gasteiger partial charge in [-0.3, -0.25) is 14.6 Å². The second kappa shape index (κ2) is 6.36. The van der Waals surface area contributed by atoms with Crippen LogP contribution < -0.4 is 0 Å². The highest BCUT2D eigenvalue weighted by Crippen LogP contribution is 2.39. The number of aliphatic hydroxyl groups excluding tert-OH is 1. The first kappa shape index (κ1) is 15.9. The minimum Gasteiger partial charge on any atom is -0.503 e. The third kappa shape index (κ3) is 2.59. The monoisotopic (exact) mass is 350 g/mol. The van der Waals surface area contributed by atoms with Crippen LogP contribution >= 0.6 is 0 Å². The highest BCUT2D eigenvalue weighted by molar-refractivity contribution is 6.14. The van der Waals surface area contributed by atoms with Crippen molar-refractivity contribution in [3.05, 3.63) is 89.7 Å². The lowest BCUT2D eigenvalue weighted by molar-refractivity contribution is -0.130. The van der Waals surface area contributed by atoms with E-state index in [-0.39, 0.29) is 17.9 Å². The lowest BCUT2D eigenvalue weighted by Gasteiger charge is -2.24. The number of hydrogen-bond acceptors (Lipinski definition) is 6. The van der Waals surface area contributed by atoms with Crippen molar-refractivity contribution in [2.45, 2.75) is 12.6 Å². The van der Waals surface area contributed by atoms with Gasteiger partial charge in [-0.2, -0.15) is 0 Å². The van der Waals surface area contributed by atoms with E-state index in [0.29, 0.717) is 11.5 Å². The molecule has 4 heterocycles. The molecule has 0 spiro atoms. The van der Waals surface area contributed by atoms with Crippen LogP contribution in [-0.2, 0) is 11.3 Å². The van der Waals surface area contributed by atoms with E-state index in [0.717, 1.165) is 0 Å². The molecule has 1 aliphatic rings. The summed E-state index contributed by atoms with van der Waals surface area (Å²) in [5, 5.41) is 10.4. The smallest absolute Gasteiger partial charge is 0.290 e. The van der Waals surface area contributed by atoms with Crippen LogP contribution in [0.1, 0.15) is 28.1 Å². The zero-order chi connectivity index (χ0) is 18.1. The van der Waals surface area contributed by atoms with Gasteiger partial charge in [0.25, 0.3) is 5.91 Å². The van der Waals surface area contributed by atoms with E-state index >= 15 is 0 Å². The molecule has 0 aliphatic carbocycles. The number of nitrogens with zero attached hydrogens (tertiary/aromatic N) is 2. The van der Waals surface area contributed by atoms with E-state index in [2.05, 4.69) is 4.98 Å². The number of carbonyl (C=O) groups is 2. The molecule has 7 heteroatoms. The van der Waals surface area contributed by atoms with Gasteiger partial charge in [0.1, 0.15) is 11.8 Å². The number of furan rings is 2. The van der Waals surface area contributed by atoms with Gasteiger partial charge in [0.2, 0.25) is 5.78 Å². The Morgan fingerprint density at radius 1 is 1.12 bits per heavy atom. The normalized spacial score (nSPS) is 17.2. The predicted octanol–water partition coefficient (Wildman–Crippen LogP) is 3.05. The summed E-state index contributed by atoms with van der Waals surface area (Å²) in [5.74, 6) is -1.43. The number of carbonyl (C=O) groups excluding carboxylic acids is 2. The van der Waals surface area contributed by atoms with Crippen LogP contribution in [0.3, 0.4) is 0 Å². The Balaban J connectivity index is 1.77. The summed E-state index contributed by atoms with van der Waals surface area (Å²) in [6, 6.07) is 10.8. The first-order valence-electron chi connectivity index (χ1n) is 7.92. The van der Waals surface area contributed by atoms with Crippen molar-refractivity contribution in [1.82, 2.24) is 9.88 Å². The summed E-state index contributed by atoms with van der Waals surface area (Å²) in [6.07, 6.45) is 4.41. The maximum Gasteiger partial charge on any atom is 0.290 e. The number of ketones is 1. The number of pyridine rings is 1. The standard InChI is InChI=1S/C19H14N2O5/c22-17(14-7-4-10-26-14)15-16(13-6-3-9-25-13)21(19(24)18(15)23)11-12-5-1-2-8-20-12/h1-10,16,23H,11H2. The average Bonchev–Trinajstić information content (AvgIpc) is 3.40. The largest absolute Gasteiger partial charge is 0.503 e. The molecule has 7 nitrogen and oxygen atoms in total. The summed E-state index contributed by atoms with van der Waals surface area (Å²) in [5.41, 5.74) is 0.549. The summed E-state index contributed by atoms with van der Waals surface area (Å²) in [7, 11) is 0. The van der Waals surface area contributed by atoms with Crippen LogP contribution in [0, 0.1) is 0 Å². The molecule has 3 aromatic heterocycles. The molecule has 1 aliphatic heterocycles. The predicted molar refractivity (Wildman–Crippen MR) is 88.9 cm³/mol. The first-order chi connectivity index (χ1) is 12.7. The molecule has 1 unspecified atom stereocenters. The summed E-state index contributed by atoms with van der Waals surface area (Å²) in [6.45, 7) is 0.115. The number of aliphatic hydroxyl groups is 1. The molecule has 0 saturated carbocycles. The Bertz CT molecular complexity index is 959. The molecule has 130 valence electrons. The third-order valence-electron chi connectivity index (χ3n) is 4.16. The lowest BCUT2D eigenvalue weighted by Crippen LogP contribution is -2.30. The fourth-order valence-corrected chi connectivity index (χ4v) is 3.00. The highest BCUT2D eigenvalue weighted by atomic mass is 16.3. The van der Waals surface area contributed by atoms with Gasteiger partial charge in [-0.1, -0.05) is 6.07 Å². The van der Waals surface area contributed by atoms with Crippen molar-refractivity contribution in [3.63, 3.8) is 0 Å². The second-order valence-corrected chi connectivity index (χ2v) is 5.74. The highest BCUT2D eigenvalue weighted by Gasteiger charge is 2.45. The molecule has 1 N–H and O–H groups in total. The van der Waals surface area contributed by atoms with Crippen molar-refractivity contribution >= 4 is 11.7 Å². The zero-order valence-corrected chi connectivity index (χ0v) is 13.5. The molecule has 0 saturated heterocycles. The molecule has 4 rings (SSSR count). The number of rotatable bonds is 5. The molecule has 0 radical (unpaired) electrons. The van der Waals surface area contributed by atoms with Crippen LogP contribution in [-0.4, -0.2) is 26.7 Å². The third-order valence-corrected chi connectivity index (χ3v) is 4.16. The van der Waals surface area contributed by atoms with Crippen LogP contribution in [0.2, 0.25) is 0 Å². The average molecular weight is 350 g/mol. The topological polar surface area (TPSA) is 96.8 Å². The molecule has 0 fully saturated rings. The Morgan fingerprint density at radius 3 is 2.58 bits per heavy atom. The second-order valence-electron chi connectivity index (χ2n) is 5.74. The van der Waals surface area contributed by atoms with Gasteiger partial charge in [0.05, 0.1) is 30.3 Å². The van der Waals surface area contributed by atoms with Crippen LogP contribution in [0.4, 0.5) is 0 Å². The first-order valence-corrected chi connectivity index (χ1v) is 7.92. The fourth-order valence-electron chi connectivity index (χ4n) is 3.00. The lowest BCUT2D eigenvalue weighted by atomic mass is 9.99. The van der Waals surface area contributed by atoms with Gasteiger partial charge >= 0.3 is 0 Å². The molecule has 1 atom stereocenters. The van der Waals surface area contributed by atoms with E-state index in [1.165, 1.54) is 23.5 Å². The molecular formula is C19H14N2O5. The van der Waals surface area contributed by atoms with Crippen molar-refractivity contribution in [2.24, 2.45) is 0 Å². The van der Waals surface area contributed by atoms with E-state index in [4.69, 9.17) is 8.83 Å². The maximum absolute atomic E-state index is 12.8. The molecule has 0 bridgehead atoms. The van der Waals surface area contributed by atoms with Gasteiger partial charge in [-0.05, 0) is 36.4 Å². The number of Topliss-reactive ketones (excluding diaryl/α,β-unsaturated/α-hetero) is 1. The van der Waals surface area contributed by atoms with Gasteiger partial charge in [-0.15, -0.1) is 0 Å². The van der Waals surface area contributed by atoms with Gasteiger partial charge in [-0.25, -0.2) is 0 Å². The molecule has 3 aromatic rings. The minimum atomic E-state index is -0.864. The number of amides is 1. The quantitative estimate of drug-likeness (QED) is 0.711. The maximum atomic E-state index is 12.8. The van der Waals surface area contributed by atoms with Gasteiger partial charge in [0.15, 0.2) is 11.5 Å². The van der Waals surface area contributed by atoms with Crippen molar-refractivity contribution in [2.75, 3.05) is 0 Å².